The van der Waals surface area contributed by atoms with Gasteiger partial charge in [-0.05, 0) is 36.6 Å². The van der Waals surface area contributed by atoms with Crippen LogP contribution in [0, 0.1) is 5.92 Å². The predicted molar refractivity (Wildman–Crippen MR) is 125 cm³/mol. The van der Waals surface area contributed by atoms with E-state index in [9.17, 15) is 24.9 Å². The third-order valence-electron chi connectivity index (χ3n) is 7.13. The minimum absolute atomic E-state index is 0.0584. The van der Waals surface area contributed by atoms with Crippen molar-refractivity contribution in [1.29, 1.82) is 0 Å². The number of hydrogen-bond donors (Lipinski definition) is 4. The lowest BCUT2D eigenvalue weighted by Gasteiger charge is -2.42. The molecular formula is C25H34N2O8. The Bertz CT molecular complexity index is 976. The molecule has 4 atom stereocenters. The lowest BCUT2D eigenvalue weighted by molar-refractivity contribution is -0.144. The van der Waals surface area contributed by atoms with Crippen molar-refractivity contribution in [2.45, 2.75) is 50.0 Å². The largest absolute Gasteiger partial charge is 0.493 e. The Morgan fingerprint density at radius 1 is 1.23 bits per heavy atom. The molecule has 192 valence electrons. The first-order chi connectivity index (χ1) is 16.9. The molecule has 1 aliphatic heterocycles. The van der Waals surface area contributed by atoms with Gasteiger partial charge in [0.15, 0.2) is 11.5 Å². The van der Waals surface area contributed by atoms with Crippen molar-refractivity contribution in [2.24, 2.45) is 5.92 Å². The first-order valence-corrected chi connectivity index (χ1v) is 12.0. The number of nitrogens with zero attached hydrogens (tertiary/aromatic N) is 1. The molecule has 3 aliphatic rings. The van der Waals surface area contributed by atoms with Crippen LogP contribution in [-0.4, -0.2) is 90.8 Å². The summed E-state index contributed by atoms with van der Waals surface area (Å²) in [6.45, 7) is 0.142. The lowest BCUT2D eigenvalue weighted by Crippen LogP contribution is -2.57. The second-order valence-corrected chi connectivity index (χ2v) is 9.17. The van der Waals surface area contributed by atoms with Gasteiger partial charge in [-0.15, -0.1) is 0 Å². The number of hydrogen-bond acceptors (Lipinski definition) is 8. The quantitative estimate of drug-likeness (QED) is 0.362. The summed E-state index contributed by atoms with van der Waals surface area (Å²) >= 11 is 0. The number of nitrogens with one attached hydrogen (secondary N) is 1. The van der Waals surface area contributed by atoms with Crippen molar-refractivity contribution in [3.05, 3.63) is 34.9 Å². The molecule has 0 spiro atoms. The van der Waals surface area contributed by atoms with Crippen LogP contribution in [0.15, 0.2) is 23.8 Å². The molecule has 4 rings (SSSR count). The molecule has 0 radical (unpaired) electrons. The molecule has 0 bridgehead atoms. The monoisotopic (exact) mass is 490 g/mol. The number of methoxy groups -OCH3 is 2. The highest BCUT2D eigenvalue weighted by Gasteiger charge is 2.52. The van der Waals surface area contributed by atoms with Gasteiger partial charge in [0.25, 0.3) is 0 Å². The molecule has 1 aromatic carbocycles. The number of ether oxygens (including phenoxy) is 3. The molecule has 1 heterocycles. The van der Waals surface area contributed by atoms with Crippen LogP contribution in [-0.2, 0) is 20.9 Å². The Kier molecular flexibility index (Phi) is 7.95. The Morgan fingerprint density at radius 3 is 2.60 bits per heavy atom. The summed E-state index contributed by atoms with van der Waals surface area (Å²) in [4.78, 5) is 28.2. The molecule has 1 aromatic rings. The lowest BCUT2D eigenvalue weighted by atomic mass is 9.76. The van der Waals surface area contributed by atoms with E-state index in [0.29, 0.717) is 28.2 Å². The maximum absolute atomic E-state index is 13.3. The second kappa shape index (κ2) is 10.9. The fourth-order valence-electron chi connectivity index (χ4n) is 5.10. The van der Waals surface area contributed by atoms with Gasteiger partial charge in [-0.2, -0.15) is 0 Å². The molecule has 0 unspecified atom stereocenters. The van der Waals surface area contributed by atoms with Gasteiger partial charge in [-0.1, -0.05) is 6.42 Å². The summed E-state index contributed by atoms with van der Waals surface area (Å²) in [6.07, 6.45) is 2.26. The van der Waals surface area contributed by atoms with Gasteiger partial charge in [-0.25, -0.2) is 0 Å². The van der Waals surface area contributed by atoms with Crippen LogP contribution in [0.25, 0.3) is 0 Å². The van der Waals surface area contributed by atoms with Gasteiger partial charge in [0.2, 0.25) is 11.8 Å². The van der Waals surface area contributed by atoms with Crippen LogP contribution in [0.2, 0.25) is 0 Å². The van der Waals surface area contributed by atoms with Gasteiger partial charge in [0, 0.05) is 37.3 Å². The predicted octanol–water partition coefficient (Wildman–Crippen LogP) is 0.0852. The summed E-state index contributed by atoms with van der Waals surface area (Å²) in [5.41, 5.74) is 1.53. The maximum atomic E-state index is 13.3. The molecule has 4 N–H and O–H groups in total. The zero-order chi connectivity index (χ0) is 25.1. The molecule has 0 saturated heterocycles. The molecule has 10 nitrogen and oxygen atoms in total. The number of rotatable bonds is 10. The van der Waals surface area contributed by atoms with E-state index in [1.165, 1.54) is 7.11 Å². The number of amides is 2. The van der Waals surface area contributed by atoms with Crippen molar-refractivity contribution in [3.8, 4) is 11.5 Å². The van der Waals surface area contributed by atoms with Crippen LogP contribution >= 0.6 is 0 Å². The van der Waals surface area contributed by atoms with Crippen LogP contribution in [0.4, 0.5) is 0 Å². The Morgan fingerprint density at radius 2 is 2.00 bits per heavy atom. The first-order valence-electron chi connectivity index (χ1n) is 12.0. The summed E-state index contributed by atoms with van der Waals surface area (Å²) in [5, 5.41) is 33.2. The van der Waals surface area contributed by atoms with E-state index in [1.807, 2.05) is 0 Å². The van der Waals surface area contributed by atoms with E-state index < -0.39 is 30.1 Å². The smallest absolute Gasteiger partial charge is 0.247 e. The van der Waals surface area contributed by atoms with Crippen molar-refractivity contribution >= 4 is 11.8 Å². The average Bonchev–Trinajstić information content (AvgIpc) is 3.22. The minimum atomic E-state index is -1.12. The molecule has 35 heavy (non-hydrogen) atoms. The standard InChI is InChI=1S/C25H34N2O8/c1-33-9-7-27(25(32)15-4-3-5-15)18-12-17(24(31)26-6-8-28)20-16-10-14(13-29)11-19(34-2)22(16)35-23(20)21(18)30/h10-12,15,18,20-21,23,28-30H,3-9,13H2,1-2H3,(H,26,31)/t18-,20+,21+,23+/m1/s1. The number of carbonyl (C=O) groups is 2. The first kappa shape index (κ1) is 25.4. The second-order valence-electron chi connectivity index (χ2n) is 9.17. The average molecular weight is 491 g/mol. The van der Waals surface area contributed by atoms with E-state index in [-0.39, 0.29) is 44.7 Å². The Hall–Kier alpha value is -2.66. The number of benzene rings is 1. The van der Waals surface area contributed by atoms with Crippen molar-refractivity contribution < 1.29 is 39.1 Å². The van der Waals surface area contributed by atoms with Crippen molar-refractivity contribution in [1.82, 2.24) is 10.2 Å². The maximum Gasteiger partial charge on any atom is 0.247 e. The van der Waals surface area contributed by atoms with E-state index in [4.69, 9.17) is 14.2 Å². The SMILES string of the molecule is COCCN(C(=O)C1CCC1)[C@@H]1C=C(C(=O)NCCO)[C@@H]2c3cc(CO)cc(OC)c3O[C@@H]2[C@H]1O. The molecule has 2 amide bonds. The normalized spacial score (nSPS) is 25.0. The van der Waals surface area contributed by atoms with Gasteiger partial charge in [0.1, 0.15) is 12.2 Å². The molecular weight excluding hydrogens is 456 g/mol. The Balaban J connectivity index is 1.78. The van der Waals surface area contributed by atoms with Crippen LogP contribution in [0.3, 0.4) is 0 Å². The molecule has 2 aliphatic carbocycles. The Labute approximate surface area is 204 Å². The summed E-state index contributed by atoms with van der Waals surface area (Å²) in [7, 11) is 3.03. The van der Waals surface area contributed by atoms with E-state index >= 15 is 0 Å². The summed E-state index contributed by atoms with van der Waals surface area (Å²) in [6, 6.07) is 2.59. The summed E-state index contributed by atoms with van der Waals surface area (Å²) in [5.74, 6) is -0.448. The third-order valence-corrected chi connectivity index (χ3v) is 7.13. The topological polar surface area (TPSA) is 138 Å². The van der Waals surface area contributed by atoms with Gasteiger partial charge >= 0.3 is 0 Å². The highest BCUT2D eigenvalue weighted by Crippen LogP contribution is 2.51. The molecule has 10 heteroatoms. The number of aliphatic hydroxyl groups is 3. The van der Waals surface area contributed by atoms with Gasteiger partial charge < -0.3 is 39.7 Å². The van der Waals surface area contributed by atoms with E-state index in [2.05, 4.69) is 5.32 Å². The van der Waals surface area contributed by atoms with E-state index in [0.717, 1.165) is 19.3 Å². The van der Waals surface area contributed by atoms with Crippen LogP contribution < -0.4 is 14.8 Å². The number of fused-ring (bicyclic) bond motifs is 3. The molecule has 1 saturated carbocycles. The van der Waals surface area contributed by atoms with Gasteiger partial charge in [-0.3, -0.25) is 9.59 Å². The fraction of sp³-hybridized carbons (Fsp3) is 0.600. The fourth-order valence-corrected chi connectivity index (χ4v) is 5.10. The molecule has 0 aromatic heterocycles. The number of aliphatic hydroxyl groups excluding tert-OH is 3. The van der Waals surface area contributed by atoms with Crippen LogP contribution in [0.1, 0.15) is 36.3 Å². The van der Waals surface area contributed by atoms with Crippen molar-refractivity contribution in [3.63, 3.8) is 0 Å². The third kappa shape index (κ3) is 4.75. The zero-order valence-electron chi connectivity index (χ0n) is 20.1. The highest BCUT2D eigenvalue weighted by molar-refractivity contribution is 5.96. The van der Waals surface area contributed by atoms with Gasteiger partial charge in [0.05, 0.1) is 38.9 Å². The van der Waals surface area contributed by atoms with Crippen LogP contribution in [0.5, 0.6) is 11.5 Å². The minimum Gasteiger partial charge on any atom is -0.493 e. The van der Waals surface area contributed by atoms with E-state index in [1.54, 1.807) is 30.2 Å². The number of carbonyl (C=O) groups excluding carboxylic acids is 2. The summed E-state index contributed by atoms with van der Waals surface area (Å²) < 4.78 is 16.9. The highest BCUT2D eigenvalue weighted by atomic mass is 16.5. The molecule has 1 fully saturated rings. The zero-order valence-corrected chi connectivity index (χ0v) is 20.1. The van der Waals surface area contributed by atoms with Crippen molar-refractivity contribution in [2.75, 3.05) is 40.5 Å².